The van der Waals surface area contributed by atoms with E-state index in [0.717, 1.165) is 5.56 Å². The van der Waals surface area contributed by atoms with Crippen LogP contribution in [0.5, 0.6) is 0 Å². The van der Waals surface area contributed by atoms with Crippen LogP contribution < -0.4 is 0 Å². The van der Waals surface area contributed by atoms with Crippen molar-refractivity contribution in [3.63, 3.8) is 0 Å². The van der Waals surface area contributed by atoms with Gasteiger partial charge in [0.05, 0.1) is 11.2 Å². The zero-order chi connectivity index (χ0) is 13.2. The molecule has 0 N–H and O–H groups in total. The second kappa shape index (κ2) is 4.78. The lowest BCUT2D eigenvalue weighted by atomic mass is 10.2. The quantitative estimate of drug-likeness (QED) is 0.794. The number of ketones is 1. The summed E-state index contributed by atoms with van der Waals surface area (Å²) in [5, 5.41) is 0. The summed E-state index contributed by atoms with van der Waals surface area (Å²) in [6, 6.07) is 9.40. The summed E-state index contributed by atoms with van der Waals surface area (Å²) < 4.78 is 28.9. The van der Waals surface area contributed by atoms with Gasteiger partial charge in [-0.15, -0.1) is 0 Å². The van der Waals surface area contributed by atoms with Gasteiger partial charge in [-0.2, -0.15) is 0 Å². The predicted molar refractivity (Wildman–Crippen MR) is 66.3 cm³/mol. The molecule has 0 atom stereocenters. The van der Waals surface area contributed by atoms with E-state index in [1.54, 1.807) is 18.2 Å². The Hall–Kier alpha value is -1.88. The molecule has 0 unspecified atom stereocenters. The molecular weight excluding hydrogens is 252 g/mol. The lowest BCUT2D eigenvalue weighted by Crippen LogP contribution is -2.15. The first kappa shape index (κ1) is 12.6. The molecule has 0 fully saturated rings. The summed E-state index contributed by atoms with van der Waals surface area (Å²) in [7, 11) is -3.61. The molecule has 0 bridgehead atoms. The minimum absolute atomic E-state index is 0.0608. The maximum absolute atomic E-state index is 12.0. The average Bonchev–Trinajstić information content (AvgIpc) is 2.82. The molecule has 0 radical (unpaired) electrons. The highest BCUT2D eigenvalue weighted by molar-refractivity contribution is 7.92. The summed E-state index contributed by atoms with van der Waals surface area (Å²) in [6.45, 7) is 1.87. The molecule has 5 heteroatoms. The third-order valence-corrected chi connectivity index (χ3v) is 4.13. The van der Waals surface area contributed by atoms with Crippen molar-refractivity contribution in [2.75, 3.05) is 5.75 Å². The van der Waals surface area contributed by atoms with Gasteiger partial charge in [-0.1, -0.05) is 17.7 Å². The summed E-state index contributed by atoms with van der Waals surface area (Å²) in [4.78, 5) is 11.8. The molecule has 18 heavy (non-hydrogen) atoms. The smallest absolute Gasteiger partial charge is 0.213 e. The zero-order valence-corrected chi connectivity index (χ0v) is 10.6. The number of sulfone groups is 1. The van der Waals surface area contributed by atoms with Gasteiger partial charge in [0.25, 0.3) is 0 Å². The van der Waals surface area contributed by atoms with Crippen molar-refractivity contribution in [2.24, 2.45) is 0 Å². The molecule has 0 saturated heterocycles. The van der Waals surface area contributed by atoms with Crippen LogP contribution in [0.1, 0.15) is 16.1 Å². The van der Waals surface area contributed by atoms with E-state index in [1.165, 1.54) is 24.5 Å². The highest BCUT2D eigenvalue weighted by atomic mass is 32.2. The highest BCUT2D eigenvalue weighted by Crippen LogP contribution is 2.14. The third kappa shape index (κ3) is 2.68. The van der Waals surface area contributed by atoms with Crippen LogP contribution in [0.15, 0.2) is 52.0 Å². The van der Waals surface area contributed by atoms with Crippen molar-refractivity contribution in [3.05, 3.63) is 54.0 Å². The first-order chi connectivity index (χ1) is 8.49. The molecule has 0 aliphatic carbocycles. The first-order valence-corrected chi connectivity index (χ1v) is 7.00. The Bertz CT molecular complexity index is 637. The maximum atomic E-state index is 12.0. The maximum Gasteiger partial charge on any atom is 0.213 e. The molecule has 2 rings (SSSR count). The molecule has 2 aromatic rings. The van der Waals surface area contributed by atoms with Crippen LogP contribution in [-0.4, -0.2) is 20.0 Å². The molecule has 1 heterocycles. The number of carbonyl (C=O) groups excluding carboxylic acids is 1. The van der Waals surface area contributed by atoms with E-state index in [2.05, 4.69) is 0 Å². The monoisotopic (exact) mass is 264 g/mol. The van der Waals surface area contributed by atoms with Crippen LogP contribution >= 0.6 is 0 Å². The van der Waals surface area contributed by atoms with E-state index in [0.29, 0.717) is 0 Å². The number of aryl methyl sites for hydroxylation is 1. The summed E-state index contributed by atoms with van der Waals surface area (Å²) in [6.07, 6.45) is 1.34. The Balaban J connectivity index is 2.22. The van der Waals surface area contributed by atoms with Crippen molar-refractivity contribution in [1.82, 2.24) is 0 Å². The number of hydrogen-bond donors (Lipinski definition) is 0. The number of carbonyl (C=O) groups is 1. The van der Waals surface area contributed by atoms with Crippen LogP contribution in [0.25, 0.3) is 0 Å². The standard InChI is InChI=1S/C13H12O4S/c1-10-4-6-11(7-5-10)18(15,16)9-12(14)13-3-2-8-17-13/h2-8H,9H2,1H3. The molecule has 0 saturated carbocycles. The largest absolute Gasteiger partial charge is 0.461 e. The summed E-state index contributed by atoms with van der Waals surface area (Å²) in [5.41, 5.74) is 0.964. The SMILES string of the molecule is Cc1ccc(S(=O)(=O)CC(=O)c2ccco2)cc1. The number of rotatable bonds is 4. The fraction of sp³-hybridized carbons (Fsp3) is 0.154. The minimum Gasteiger partial charge on any atom is -0.461 e. The zero-order valence-electron chi connectivity index (χ0n) is 9.79. The lowest BCUT2D eigenvalue weighted by molar-refractivity contribution is 0.0990. The summed E-state index contributed by atoms with van der Waals surface area (Å²) >= 11 is 0. The normalized spacial score (nSPS) is 11.4. The topological polar surface area (TPSA) is 64.3 Å². The van der Waals surface area contributed by atoms with Crippen LogP contribution in [0, 0.1) is 6.92 Å². The van der Waals surface area contributed by atoms with Gasteiger partial charge in [0, 0.05) is 0 Å². The van der Waals surface area contributed by atoms with Gasteiger partial charge in [0.15, 0.2) is 15.6 Å². The van der Waals surface area contributed by atoms with Crippen LogP contribution in [0.2, 0.25) is 0 Å². The Morgan fingerprint density at radius 1 is 1.17 bits per heavy atom. The second-order valence-electron chi connectivity index (χ2n) is 3.97. The van der Waals surface area contributed by atoms with E-state index >= 15 is 0 Å². The molecule has 94 valence electrons. The van der Waals surface area contributed by atoms with E-state index in [4.69, 9.17) is 4.42 Å². The van der Waals surface area contributed by atoms with Crippen molar-refractivity contribution < 1.29 is 17.6 Å². The van der Waals surface area contributed by atoms with Gasteiger partial charge < -0.3 is 4.42 Å². The Morgan fingerprint density at radius 3 is 2.39 bits per heavy atom. The lowest BCUT2D eigenvalue weighted by Gasteiger charge is -2.03. The third-order valence-electron chi connectivity index (χ3n) is 2.50. The van der Waals surface area contributed by atoms with Crippen LogP contribution in [-0.2, 0) is 9.84 Å². The van der Waals surface area contributed by atoms with Crippen molar-refractivity contribution in [1.29, 1.82) is 0 Å². The van der Waals surface area contributed by atoms with Crippen molar-refractivity contribution in [2.45, 2.75) is 11.8 Å². The number of hydrogen-bond acceptors (Lipinski definition) is 4. The summed E-state index contributed by atoms with van der Waals surface area (Å²) in [5.74, 6) is -1.06. The van der Waals surface area contributed by atoms with Crippen molar-refractivity contribution >= 4 is 15.6 Å². The molecule has 1 aromatic heterocycles. The van der Waals surface area contributed by atoms with Gasteiger partial charge in [0.1, 0.15) is 5.75 Å². The molecule has 0 aliphatic rings. The van der Waals surface area contributed by atoms with E-state index < -0.39 is 21.4 Å². The number of Topliss-reactive ketones (excluding diaryl/α,β-unsaturated/α-hetero) is 1. The Kier molecular flexibility index (Phi) is 3.34. The molecule has 1 aromatic carbocycles. The van der Waals surface area contributed by atoms with Gasteiger partial charge in [-0.3, -0.25) is 4.79 Å². The molecule has 4 nitrogen and oxygen atoms in total. The molecule has 0 spiro atoms. The number of benzene rings is 1. The van der Waals surface area contributed by atoms with Gasteiger partial charge in [-0.05, 0) is 31.2 Å². The van der Waals surface area contributed by atoms with E-state index in [9.17, 15) is 13.2 Å². The predicted octanol–water partition coefficient (Wildman–Crippen LogP) is 2.24. The number of furan rings is 1. The van der Waals surface area contributed by atoms with E-state index in [1.807, 2.05) is 6.92 Å². The minimum atomic E-state index is -3.61. The van der Waals surface area contributed by atoms with Crippen molar-refractivity contribution in [3.8, 4) is 0 Å². The fourth-order valence-corrected chi connectivity index (χ4v) is 2.71. The average molecular weight is 264 g/mol. The highest BCUT2D eigenvalue weighted by Gasteiger charge is 2.21. The molecular formula is C13H12O4S. The van der Waals surface area contributed by atoms with Crippen LogP contribution in [0.4, 0.5) is 0 Å². The second-order valence-corrected chi connectivity index (χ2v) is 5.96. The molecule has 0 aliphatic heterocycles. The Labute approximate surface area is 105 Å². The van der Waals surface area contributed by atoms with Crippen LogP contribution in [0.3, 0.4) is 0 Å². The van der Waals surface area contributed by atoms with E-state index in [-0.39, 0.29) is 10.7 Å². The first-order valence-electron chi connectivity index (χ1n) is 5.35. The van der Waals surface area contributed by atoms with Gasteiger partial charge >= 0.3 is 0 Å². The van der Waals surface area contributed by atoms with Gasteiger partial charge in [0.2, 0.25) is 5.78 Å². The Morgan fingerprint density at radius 2 is 1.83 bits per heavy atom. The van der Waals surface area contributed by atoms with Gasteiger partial charge in [-0.25, -0.2) is 8.42 Å². The molecule has 0 amide bonds. The fourth-order valence-electron chi connectivity index (χ4n) is 1.51.